The fraction of sp³-hybridized carbons (Fsp3) is 0.263. The minimum absolute atomic E-state index is 0.194. The van der Waals surface area contributed by atoms with Crippen LogP contribution in [0.2, 0.25) is 0 Å². The van der Waals surface area contributed by atoms with E-state index in [1.54, 1.807) is 0 Å². The largest absolute Gasteiger partial charge is 0.480 e. The molecule has 0 radical (unpaired) electrons. The first-order valence-corrected chi connectivity index (χ1v) is 8.98. The van der Waals surface area contributed by atoms with Crippen molar-refractivity contribution in [3.63, 3.8) is 0 Å². The number of hydrogen-bond donors (Lipinski definition) is 2. The van der Waals surface area contributed by atoms with Crippen molar-refractivity contribution in [2.24, 2.45) is 0 Å². The molecule has 0 spiro atoms. The van der Waals surface area contributed by atoms with Gasteiger partial charge in [-0.25, -0.2) is 4.79 Å². The molecule has 126 valence electrons. The molecular formula is C19H21NO3S. The monoisotopic (exact) mass is 343 g/mol. The molecule has 0 saturated heterocycles. The number of benzene rings is 2. The summed E-state index contributed by atoms with van der Waals surface area (Å²) in [6.07, 6.45) is 1.08. The van der Waals surface area contributed by atoms with Gasteiger partial charge in [0.1, 0.15) is 6.04 Å². The summed E-state index contributed by atoms with van der Waals surface area (Å²) in [7, 11) is 0. The number of carbonyl (C=O) groups excluding carboxylic acids is 1. The topological polar surface area (TPSA) is 66.4 Å². The van der Waals surface area contributed by atoms with Gasteiger partial charge in [-0.15, -0.1) is 0 Å². The van der Waals surface area contributed by atoms with Crippen LogP contribution in [0.3, 0.4) is 0 Å². The van der Waals surface area contributed by atoms with Crippen LogP contribution in [0.15, 0.2) is 60.7 Å². The van der Waals surface area contributed by atoms with Gasteiger partial charge in [0.25, 0.3) is 0 Å². The van der Waals surface area contributed by atoms with Crippen LogP contribution in [0.1, 0.15) is 11.1 Å². The van der Waals surface area contributed by atoms with Crippen molar-refractivity contribution in [1.82, 2.24) is 5.32 Å². The van der Waals surface area contributed by atoms with Crippen molar-refractivity contribution in [3.8, 4) is 0 Å². The summed E-state index contributed by atoms with van der Waals surface area (Å²) < 4.78 is 0. The van der Waals surface area contributed by atoms with Gasteiger partial charge in [0, 0.05) is 5.75 Å². The predicted octanol–water partition coefficient (Wildman–Crippen LogP) is 2.77. The van der Waals surface area contributed by atoms with E-state index < -0.39 is 12.0 Å². The van der Waals surface area contributed by atoms with Crippen LogP contribution in [-0.4, -0.2) is 34.5 Å². The maximum Gasteiger partial charge on any atom is 0.327 e. The van der Waals surface area contributed by atoms with Crippen LogP contribution in [0.4, 0.5) is 0 Å². The first kappa shape index (κ1) is 18.1. The Labute approximate surface area is 146 Å². The molecule has 2 aromatic carbocycles. The highest BCUT2D eigenvalue weighted by Crippen LogP contribution is 2.09. The third-order valence-electron chi connectivity index (χ3n) is 3.50. The molecule has 1 atom stereocenters. The Balaban J connectivity index is 1.75. The van der Waals surface area contributed by atoms with E-state index in [1.807, 2.05) is 48.5 Å². The molecule has 5 heteroatoms. The molecule has 2 N–H and O–H groups in total. The normalized spacial score (nSPS) is 11.7. The number of carboxylic acids is 1. The van der Waals surface area contributed by atoms with Crippen molar-refractivity contribution < 1.29 is 14.7 Å². The van der Waals surface area contributed by atoms with Crippen LogP contribution in [0.5, 0.6) is 0 Å². The number of carboxylic acid groups (broad SMARTS) is 1. The maximum atomic E-state index is 12.0. The van der Waals surface area contributed by atoms with Gasteiger partial charge in [-0.3, -0.25) is 4.79 Å². The molecule has 0 aliphatic rings. The highest BCUT2D eigenvalue weighted by molar-refractivity contribution is 7.99. The Hall–Kier alpha value is -2.27. The van der Waals surface area contributed by atoms with Crippen molar-refractivity contribution in [2.45, 2.75) is 18.9 Å². The lowest BCUT2D eigenvalue weighted by molar-refractivity contribution is -0.141. The number of carbonyl (C=O) groups is 2. The minimum atomic E-state index is -0.997. The van der Waals surface area contributed by atoms with E-state index in [-0.39, 0.29) is 12.3 Å². The molecule has 4 nitrogen and oxygen atoms in total. The van der Waals surface area contributed by atoms with Gasteiger partial charge in [0.2, 0.25) is 5.91 Å². The molecule has 0 aliphatic heterocycles. The quantitative estimate of drug-likeness (QED) is 0.687. The smallest absolute Gasteiger partial charge is 0.327 e. The standard InChI is InChI=1S/C19H21NO3S/c21-18(13-16-9-5-2-6-10-16)20-17(19(22)23)14-24-12-11-15-7-3-1-4-8-15/h1-10,17H,11-14H2,(H,20,21)(H,22,23)/t17-/m0/s1. The molecule has 0 aliphatic carbocycles. The zero-order valence-corrected chi connectivity index (χ0v) is 14.2. The predicted molar refractivity (Wildman–Crippen MR) is 97.2 cm³/mol. The molecule has 1 amide bonds. The number of nitrogens with one attached hydrogen (secondary N) is 1. The molecule has 0 fully saturated rings. The lowest BCUT2D eigenvalue weighted by Gasteiger charge is -2.14. The summed E-state index contributed by atoms with van der Waals surface area (Å²) in [6.45, 7) is 0. The van der Waals surface area contributed by atoms with Crippen LogP contribution in [0.25, 0.3) is 0 Å². The molecule has 2 rings (SSSR count). The van der Waals surface area contributed by atoms with Gasteiger partial charge in [-0.1, -0.05) is 60.7 Å². The lowest BCUT2D eigenvalue weighted by Crippen LogP contribution is -2.43. The van der Waals surface area contributed by atoms with E-state index in [4.69, 9.17) is 0 Å². The van der Waals surface area contributed by atoms with Crippen molar-refractivity contribution >= 4 is 23.6 Å². The Morgan fingerprint density at radius 3 is 2.12 bits per heavy atom. The summed E-state index contributed by atoms with van der Waals surface area (Å²) in [5.41, 5.74) is 2.10. The number of hydrogen-bond acceptors (Lipinski definition) is 3. The lowest BCUT2D eigenvalue weighted by atomic mass is 10.1. The van der Waals surface area contributed by atoms with Gasteiger partial charge in [0.05, 0.1) is 6.42 Å². The van der Waals surface area contributed by atoms with E-state index in [0.29, 0.717) is 5.75 Å². The van der Waals surface area contributed by atoms with Crippen molar-refractivity contribution in [2.75, 3.05) is 11.5 Å². The zero-order chi connectivity index (χ0) is 17.2. The fourth-order valence-electron chi connectivity index (χ4n) is 2.24. The van der Waals surface area contributed by atoms with Gasteiger partial charge >= 0.3 is 5.97 Å². The average Bonchev–Trinajstić information content (AvgIpc) is 2.59. The van der Waals surface area contributed by atoms with Crippen LogP contribution < -0.4 is 5.32 Å². The minimum Gasteiger partial charge on any atom is -0.480 e. The van der Waals surface area contributed by atoms with E-state index in [2.05, 4.69) is 17.4 Å². The van der Waals surface area contributed by atoms with Crippen molar-refractivity contribution in [1.29, 1.82) is 0 Å². The summed E-state index contributed by atoms with van der Waals surface area (Å²) in [6, 6.07) is 18.5. The highest BCUT2D eigenvalue weighted by Gasteiger charge is 2.19. The number of aryl methyl sites for hydroxylation is 1. The van der Waals surface area contributed by atoms with Gasteiger partial charge in [-0.05, 0) is 23.3 Å². The van der Waals surface area contributed by atoms with Gasteiger partial charge < -0.3 is 10.4 Å². The van der Waals surface area contributed by atoms with E-state index >= 15 is 0 Å². The fourth-order valence-corrected chi connectivity index (χ4v) is 3.25. The van der Waals surface area contributed by atoms with E-state index in [0.717, 1.165) is 17.7 Å². The Bertz CT molecular complexity index is 646. The Morgan fingerprint density at radius 1 is 0.958 bits per heavy atom. The summed E-state index contributed by atoms with van der Waals surface area (Å²) in [5, 5.41) is 11.9. The van der Waals surface area contributed by atoms with Crippen LogP contribution >= 0.6 is 11.8 Å². The second kappa shape index (κ2) is 9.78. The van der Waals surface area contributed by atoms with Gasteiger partial charge in [0.15, 0.2) is 0 Å². The Morgan fingerprint density at radius 2 is 1.54 bits per heavy atom. The number of amides is 1. The highest BCUT2D eigenvalue weighted by atomic mass is 32.2. The van der Waals surface area contributed by atoms with E-state index in [1.165, 1.54) is 17.3 Å². The summed E-state index contributed by atoms with van der Waals surface area (Å²) >= 11 is 1.54. The molecule has 0 unspecified atom stereocenters. The molecule has 2 aromatic rings. The molecule has 0 heterocycles. The zero-order valence-electron chi connectivity index (χ0n) is 13.4. The third-order valence-corrected chi connectivity index (χ3v) is 4.57. The molecular weight excluding hydrogens is 322 g/mol. The average molecular weight is 343 g/mol. The van der Waals surface area contributed by atoms with Crippen LogP contribution in [0, 0.1) is 0 Å². The first-order chi connectivity index (χ1) is 11.6. The summed E-state index contributed by atoms with van der Waals surface area (Å²) in [5.74, 6) is -0.0775. The maximum absolute atomic E-state index is 12.0. The molecule has 0 saturated carbocycles. The molecule has 0 aromatic heterocycles. The third kappa shape index (κ3) is 6.46. The second-order valence-electron chi connectivity index (χ2n) is 5.43. The molecule has 0 bridgehead atoms. The SMILES string of the molecule is O=C(Cc1ccccc1)N[C@@H](CSCCc1ccccc1)C(=O)O. The Kier molecular flexibility index (Phi) is 7.36. The van der Waals surface area contributed by atoms with Crippen molar-refractivity contribution in [3.05, 3.63) is 71.8 Å². The molecule has 24 heavy (non-hydrogen) atoms. The first-order valence-electron chi connectivity index (χ1n) is 7.83. The summed E-state index contributed by atoms with van der Waals surface area (Å²) in [4.78, 5) is 23.3. The number of rotatable bonds is 9. The number of aliphatic carboxylic acids is 1. The van der Waals surface area contributed by atoms with Crippen LogP contribution in [-0.2, 0) is 22.4 Å². The van der Waals surface area contributed by atoms with Gasteiger partial charge in [-0.2, -0.15) is 11.8 Å². The second-order valence-corrected chi connectivity index (χ2v) is 6.58. The number of thioether (sulfide) groups is 1. The van der Waals surface area contributed by atoms with E-state index in [9.17, 15) is 14.7 Å².